The van der Waals surface area contributed by atoms with E-state index in [0.717, 1.165) is 87.5 Å². The largest absolute Gasteiger partial charge is 0.488 e. The van der Waals surface area contributed by atoms with Crippen LogP contribution in [0.5, 0.6) is 0 Å². The first kappa shape index (κ1) is 64.7. The highest BCUT2D eigenvalue weighted by molar-refractivity contribution is 9.10. The number of halogens is 1. The summed E-state index contributed by atoms with van der Waals surface area (Å²) < 4.78 is 5.60. The van der Waals surface area contributed by atoms with Crippen LogP contribution in [-0.2, 0) is 0 Å². The van der Waals surface area contributed by atoms with Crippen molar-refractivity contribution >= 4 is 115 Å². The van der Waals surface area contributed by atoms with E-state index in [1.165, 1.54) is 59.5 Å². The van der Waals surface area contributed by atoms with Crippen LogP contribution in [0.1, 0.15) is 0 Å². The second-order valence-electron chi connectivity index (χ2n) is 26.0. The monoisotopic (exact) mass is 1420 g/mol. The van der Waals surface area contributed by atoms with Crippen molar-refractivity contribution < 1.29 is 10.0 Å². The van der Waals surface area contributed by atoms with Crippen molar-refractivity contribution in [3.8, 4) is 90.8 Å². The van der Waals surface area contributed by atoms with Crippen LogP contribution in [0.4, 0.5) is 0 Å². The molecule has 20 rings (SSSR count). The van der Waals surface area contributed by atoms with E-state index in [0.29, 0.717) is 40.4 Å². The second kappa shape index (κ2) is 28.1. The molecular weight excluding hydrogens is 1360 g/mol. The Hall–Kier alpha value is -13.4. The number of para-hydroxylation sites is 2. The minimum Gasteiger partial charge on any atom is -0.423 e. The van der Waals surface area contributed by atoms with Crippen LogP contribution in [-0.4, -0.2) is 56.2 Å². The Bertz CT molecular complexity index is 6560. The Morgan fingerprint density at radius 2 is 0.547 bits per heavy atom. The zero-order valence-corrected chi connectivity index (χ0v) is 58.7. The number of rotatable bonds is 10. The first-order chi connectivity index (χ1) is 52.3. The van der Waals surface area contributed by atoms with E-state index in [1.54, 1.807) is 12.1 Å². The fourth-order valence-electron chi connectivity index (χ4n) is 14.6. The van der Waals surface area contributed by atoms with Crippen molar-refractivity contribution in [3.63, 3.8) is 0 Å². The molecule has 0 aliphatic heterocycles. The van der Waals surface area contributed by atoms with Crippen LogP contribution in [0.15, 0.2) is 368 Å². The van der Waals surface area contributed by atoms with Gasteiger partial charge in [0.2, 0.25) is 0 Å². The summed E-state index contributed by atoms with van der Waals surface area (Å²) >= 11 is 3.78. The summed E-state index contributed by atoms with van der Waals surface area (Å²) in [7, 11) is -1.45. The van der Waals surface area contributed by atoms with Crippen molar-refractivity contribution in [2.24, 2.45) is 0 Å². The third-order valence-electron chi connectivity index (χ3n) is 19.7. The molecule has 106 heavy (non-hydrogen) atoms. The van der Waals surface area contributed by atoms with E-state index < -0.39 is 7.12 Å². The van der Waals surface area contributed by atoms with Crippen LogP contribution in [0, 0.1) is 0 Å². The average Bonchev–Trinajstić information content (AvgIpc) is 1.57. The molecule has 4 aromatic heterocycles. The predicted molar refractivity (Wildman–Crippen MR) is 440 cm³/mol. The minimum atomic E-state index is -1.45. The molecule has 0 saturated heterocycles. The van der Waals surface area contributed by atoms with Crippen molar-refractivity contribution in [1.82, 2.24) is 39.0 Å². The van der Waals surface area contributed by atoms with Gasteiger partial charge < -0.3 is 19.2 Å². The van der Waals surface area contributed by atoms with E-state index >= 15 is 0 Å². The van der Waals surface area contributed by atoms with Crippen LogP contribution >= 0.6 is 15.9 Å². The summed E-state index contributed by atoms with van der Waals surface area (Å²) in [4.78, 5) is 29.6. The number of fused-ring (bicyclic) bond motifs is 12. The van der Waals surface area contributed by atoms with Gasteiger partial charge in [-0.3, -0.25) is 0 Å². The highest BCUT2D eigenvalue weighted by atomic mass is 79.9. The lowest BCUT2D eigenvalue weighted by Crippen LogP contribution is -2.29. The van der Waals surface area contributed by atoms with Gasteiger partial charge in [-0.25, -0.2) is 29.9 Å². The van der Waals surface area contributed by atoms with Crippen LogP contribution in [0.25, 0.3) is 178 Å². The lowest BCUT2D eigenvalue weighted by molar-refractivity contribution is 0.426. The van der Waals surface area contributed by atoms with E-state index in [4.69, 9.17) is 29.9 Å². The Labute approximate surface area is 619 Å². The molecule has 12 heteroatoms. The third kappa shape index (κ3) is 12.2. The Morgan fingerprint density at radius 3 is 0.972 bits per heavy atom. The summed E-state index contributed by atoms with van der Waals surface area (Å²) in [6, 6.07) is 125. The smallest absolute Gasteiger partial charge is 0.423 e. The quantitative estimate of drug-likeness (QED) is 0.130. The molecular formula is C94H62BBrN8O2. The van der Waals surface area contributed by atoms with E-state index in [2.05, 4.69) is 225 Å². The molecule has 2 N–H and O–H groups in total. The fraction of sp³-hybridized carbons (Fsp3) is 0. The van der Waals surface area contributed by atoms with Gasteiger partial charge in [-0.05, 0) is 131 Å². The standard InChI is InChI=1S/C47H30N4.C25H16BrN3.C22H16BNO2/c1-3-15-34(16-4-1)45-48-46(35-17-5-2-6-18-35)50-47(49-45)40-29-25-31-13-7-9-19-37(31)43(40)33-23-27-36(28-24-33)51-41-22-12-11-21-39(41)44-38-20-10-8-14-32(38)26-30-42(44)51;26-22-20-14-8-7-9-17(20)15-16-21(22)25-28-23(18-10-3-1-4-11-18)27-24(29-25)19-12-5-2-6-13-19;25-23(26)16-10-12-17(13-11-16)24-20-8-4-3-7-19(20)22-18-6-2-1-5-15(18)9-14-21(22)24/h1-30H;1-16H;1-14,25-26H. The molecule has 0 saturated carbocycles. The SMILES string of the molecule is Brc1c(-c2nc(-c3ccccc3)nc(-c3ccccc3)n2)ccc2ccccc12.OB(O)c1ccc(-n2c3ccccc3c3c4ccccc4ccc32)cc1.c1ccc(-c2nc(-c3ccccc3)nc(-c3ccc4ccccc4c3-c3ccc(-n4c5ccccc5c5c6ccccc6ccc54)cc3)n2)cc1. The molecule has 0 amide bonds. The minimum absolute atomic E-state index is 0.486. The topological polar surface area (TPSA) is 128 Å². The fourth-order valence-corrected chi connectivity index (χ4v) is 15.3. The van der Waals surface area contributed by atoms with Gasteiger partial charge in [0.15, 0.2) is 34.9 Å². The summed E-state index contributed by atoms with van der Waals surface area (Å²) in [5.41, 5.74) is 15.2. The van der Waals surface area contributed by atoms with E-state index in [-0.39, 0.29) is 0 Å². The van der Waals surface area contributed by atoms with Gasteiger partial charge in [-0.15, -0.1) is 0 Å². The first-order valence-electron chi connectivity index (χ1n) is 35.2. The Morgan fingerprint density at radius 1 is 0.236 bits per heavy atom. The van der Waals surface area contributed by atoms with Gasteiger partial charge >= 0.3 is 7.12 Å². The van der Waals surface area contributed by atoms with Gasteiger partial charge in [-0.2, -0.15) is 0 Å². The molecule has 4 heterocycles. The molecule has 0 bridgehead atoms. The molecule has 0 aliphatic carbocycles. The lowest BCUT2D eigenvalue weighted by Gasteiger charge is -2.16. The van der Waals surface area contributed by atoms with Gasteiger partial charge in [0.05, 0.1) is 22.1 Å². The maximum absolute atomic E-state index is 9.36. The maximum Gasteiger partial charge on any atom is 0.488 e. The van der Waals surface area contributed by atoms with Crippen molar-refractivity contribution in [3.05, 3.63) is 368 Å². The molecule has 500 valence electrons. The number of nitrogens with zero attached hydrogens (tertiary/aromatic N) is 8. The van der Waals surface area contributed by atoms with Crippen LogP contribution in [0.3, 0.4) is 0 Å². The Kier molecular flexibility index (Phi) is 17.2. The Balaban J connectivity index is 0.000000123. The molecule has 10 nitrogen and oxygen atoms in total. The van der Waals surface area contributed by atoms with Crippen LogP contribution < -0.4 is 5.46 Å². The normalized spacial score (nSPS) is 11.3. The molecule has 20 aromatic rings. The first-order valence-corrected chi connectivity index (χ1v) is 36.0. The van der Waals surface area contributed by atoms with Gasteiger partial charge in [-0.1, -0.05) is 303 Å². The van der Waals surface area contributed by atoms with E-state index in [1.807, 2.05) is 152 Å². The second-order valence-corrected chi connectivity index (χ2v) is 26.8. The number of benzene rings is 16. The van der Waals surface area contributed by atoms with Crippen molar-refractivity contribution in [2.75, 3.05) is 0 Å². The number of hydrogen-bond donors (Lipinski definition) is 2. The van der Waals surface area contributed by atoms with Crippen molar-refractivity contribution in [2.45, 2.75) is 0 Å². The van der Waals surface area contributed by atoms with Gasteiger partial charge in [0.25, 0.3) is 0 Å². The molecule has 0 atom stereocenters. The van der Waals surface area contributed by atoms with Gasteiger partial charge in [0.1, 0.15) is 0 Å². The molecule has 0 radical (unpaired) electrons. The lowest BCUT2D eigenvalue weighted by atomic mass is 9.80. The zero-order chi connectivity index (χ0) is 71.0. The van der Waals surface area contributed by atoms with Gasteiger partial charge in [0, 0.05) is 76.3 Å². The third-order valence-corrected chi connectivity index (χ3v) is 20.5. The van der Waals surface area contributed by atoms with Crippen molar-refractivity contribution in [1.29, 1.82) is 0 Å². The maximum atomic E-state index is 9.36. The molecule has 0 aliphatic rings. The molecule has 0 spiro atoms. The number of aromatic nitrogens is 8. The average molecular weight is 1430 g/mol. The number of hydrogen-bond acceptors (Lipinski definition) is 8. The summed E-state index contributed by atoms with van der Waals surface area (Å²) in [6.45, 7) is 0. The highest BCUT2D eigenvalue weighted by Gasteiger charge is 2.22. The molecule has 0 unspecified atom stereocenters. The molecule has 0 fully saturated rings. The summed E-state index contributed by atoms with van der Waals surface area (Å²) in [5, 5.41) is 33.3. The summed E-state index contributed by atoms with van der Waals surface area (Å²) in [5.74, 6) is 3.90. The molecule has 16 aromatic carbocycles. The predicted octanol–water partition coefficient (Wildman–Crippen LogP) is 22.3. The summed E-state index contributed by atoms with van der Waals surface area (Å²) in [6.07, 6.45) is 0. The van der Waals surface area contributed by atoms with E-state index in [9.17, 15) is 10.0 Å². The highest BCUT2D eigenvalue weighted by Crippen LogP contribution is 2.43. The zero-order valence-electron chi connectivity index (χ0n) is 57.1. The van der Waals surface area contributed by atoms with Crippen LogP contribution in [0.2, 0.25) is 0 Å².